The predicted molar refractivity (Wildman–Crippen MR) is 82.2 cm³/mol. The van der Waals surface area contributed by atoms with Crippen LogP contribution in [0.25, 0.3) is 0 Å². The molecule has 4 heteroatoms. The molecule has 1 aromatic heterocycles. The van der Waals surface area contributed by atoms with Gasteiger partial charge in [0.05, 0.1) is 5.69 Å². The summed E-state index contributed by atoms with van der Waals surface area (Å²) in [5, 5.41) is 4.55. The van der Waals surface area contributed by atoms with Crippen LogP contribution in [0.4, 0.5) is 11.5 Å². The molecule has 1 aliphatic rings. The maximum Gasteiger partial charge on any atom is 0.135 e. The molecule has 4 nitrogen and oxygen atoms in total. The number of nitrogens with zero attached hydrogens (tertiary/aromatic N) is 3. The van der Waals surface area contributed by atoms with Crippen LogP contribution in [0.1, 0.15) is 23.7 Å². The Morgan fingerprint density at radius 1 is 1.35 bits per heavy atom. The lowest BCUT2D eigenvalue weighted by atomic mass is 9.93. The number of benzene rings is 1. The number of fused-ring (bicyclic) bond motifs is 1. The molecule has 1 aromatic carbocycles. The SMILES string of the molecule is Cc1nn(C)c(N2CC(C)Cc3ccccc32)c1CN. The van der Waals surface area contributed by atoms with Crippen LogP contribution in [0, 0.1) is 12.8 Å². The molecule has 0 bridgehead atoms. The minimum Gasteiger partial charge on any atom is -0.326 e. The quantitative estimate of drug-likeness (QED) is 0.912. The van der Waals surface area contributed by atoms with Gasteiger partial charge in [0.25, 0.3) is 0 Å². The van der Waals surface area contributed by atoms with Crippen molar-refractivity contribution in [1.82, 2.24) is 9.78 Å². The Hall–Kier alpha value is -1.81. The van der Waals surface area contributed by atoms with Crippen LogP contribution in [-0.2, 0) is 20.0 Å². The second-order valence-corrected chi connectivity index (χ2v) is 5.76. The summed E-state index contributed by atoms with van der Waals surface area (Å²) in [6.45, 7) is 5.88. The van der Waals surface area contributed by atoms with Crippen LogP contribution in [0.2, 0.25) is 0 Å². The van der Waals surface area contributed by atoms with E-state index in [1.807, 2.05) is 18.7 Å². The average molecular weight is 270 g/mol. The van der Waals surface area contributed by atoms with Gasteiger partial charge in [0.1, 0.15) is 5.82 Å². The van der Waals surface area contributed by atoms with Crippen LogP contribution in [0.15, 0.2) is 24.3 Å². The largest absolute Gasteiger partial charge is 0.326 e. The fraction of sp³-hybridized carbons (Fsp3) is 0.438. The summed E-state index contributed by atoms with van der Waals surface area (Å²) in [4.78, 5) is 2.38. The van der Waals surface area contributed by atoms with Gasteiger partial charge in [-0.15, -0.1) is 0 Å². The maximum atomic E-state index is 5.95. The van der Waals surface area contributed by atoms with Crippen LogP contribution in [-0.4, -0.2) is 16.3 Å². The van der Waals surface area contributed by atoms with Gasteiger partial charge in [-0.05, 0) is 30.9 Å². The molecular formula is C16H22N4. The molecule has 3 rings (SSSR count). The van der Waals surface area contributed by atoms with Gasteiger partial charge in [-0.3, -0.25) is 4.68 Å². The first-order valence-electron chi connectivity index (χ1n) is 7.19. The number of hydrogen-bond donors (Lipinski definition) is 1. The predicted octanol–water partition coefficient (Wildman–Crippen LogP) is 2.52. The first kappa shape index (κ1) is 13.2. The number of aromatic nitrogens is 2. The molecule has 1 atom stereocenters. The summed E-state index contributed by atoms with van der Waals surface area (Å²) < 4.78 is 1.96. The number of rotatable bonds is 2. The summed E-state index contributed by atoms with van der Waals surface area (Å²) in [5.74, 6) is 1.77. The third-order valence-corrected chi connectivity index (χ3v) is 4.12. The molecule has 0 aliphatic carbocycles. The summed E-state index contributed by atoms with van der Waals surface area (Å²) in [6, 6.07) is 8.65. The highest BCUT2D eigenvalue weighted by atomic mass is 15.4. The van der Waals surface area contributed by atoms with Gasteiger partial charge >= 0.3 is 0 Å². The van der Waals surface area contributed by atoms with Gasteiger partial charge in [-0.25, -0.2) is 0 Å². The van der Waals surface area contributed by atoms with E-state index in [2.05, 4.69) is 41.2 Å². The fourth-order valence-corrected chi connectivity index (χ4v) is 3.26. The third-order valence-electron chi connectivity index (χ3n) is 4.12. The van der Waals surface area contributed by atoms with E-state index in [4.69, 9.17) is 5.73 Å². The molecular weight excluding hydrogens is 248 g/mol. The Kier molecular flexibility index (Phi) is 3.26. The van der Waals surface area contributed by atoms with Crippen LogP contribution >= 0.6 is 0 Å². The highest BCUT2D eigenvalue weighted by Crippen LogP contribution is 2.37. The number of anilines is 2. The van der Waals surface area contributed by atoms with E-state index in [9.17, 15) is 0 Å². The first-order valence-corrected chi connectivity index (χ1v) is 7.19. The van der Waals surface area contributed by atoms with Crippen molar-refractivity contribution in [2.24, 2.45) is 18.7 Å². The van der Waals surface area contributed by atoms with Crippen molar-refractivity contribution >= 4 is 11.5 Å². The summed E-state index contributed by atoms with van der Waals surface area (Å²) in [6.07, 6.45) is 1.14. The molecule has 1 unspecified atom stereocenters. The van der Waals surface area contributed by atoms with Crippen molar-refractivity contribution in [3.63, 3.8) is 0 Å². The monoisotopic (exact) mass is 270 g/mol. The zero-order chi connectivity index (χ0) is 14.3. The van der Waals surface area contributed by atoms with E-state index >= 15 is 0 Å². The molecule has 0 saturated carbocycles. The number of para-hydroxylation sites is 1. The number of hydrogen-bond acceptors (Lipinski definition) is 3. The van der Waals surface area contributed by atoms with Crippen molar-refractivity contribution in [3.8, 4) is 0 Å². The van der Waals surface area contributed by atoms with Gasteiger partial charge < -0.3 is 10.6 Å². The molecule has 106 valence electrons. The van der Waals surface area contributed by atoms with Crippen molar-refractivity contribution in [2.45, 2.75) is 26.8 Å². The highest BCUT2D eigenvalue weighted by molar-refractivity contribution is 5.68. The Morgan fingerprint density at radius 3 is 2.85 bits per heavy atom. The highest BCUT2D eigenvalue weighted by Gasteiger charge is 2.27. The van der Waals surface area contributed by atoms with Crippen molar-refractivity contribution in [2.75, 3.05) is 11.4 Å². The molecule has 2 aromatic rings. The van der Waals surface area contributed by atoms with Crippen LogP contribution in [0.5, 0.6) is 0 Å². The van der Waals surface area contributed by atoms with Gasteiger partial charge in [0.15, 0.2) is 0 Å². The van der Waals surface area contributed by atoms with E-state index in [-0.39, 0.29) is 0 Å². The Bertz CT molecular complexity index is 629. The average Bonchev–Trinajstić information content (AvgIpc) is 2.71. The summed E-state index contributed by atoms with van der Waals surface area (Å²) >= 11 is 0. The lowest BCUT2D eigenvalue weighted by Crippen LogP contribution is -2.32. The standard InChI is InChI=1S/C16H22N4/c1-11-8-13-6-4-5-7-15(13)20(10-11)16-14(9-17)12(2)18-19(16)3/h4-7,11H,8-10,17H2,1-3H3. The van der Waals surface area contributed by atoms with Crippen LogP contribution < -0.4 is 10.6 Å². The molecule has 1 aliphatic heterocycles. The molecule has 0 saturated heterocycles. The molecule has 0 amide bonds. The Balaban J connectivity index is 2.16. The zero-order valence-corrected chi connectivity index (χ0v) is 12.4. The lowest BCUT2D eigenvalue weighted by molar-refractivity contribution is 0.553. The maximum absolute atomic E-state index is 5.95. The van der Waals surface area contributed by atoms with E-state index < -0.39 is 0 Å². The summed E-state index contributed by atoms with van der Waals surface area (Å²) in [5.41, 5.74) is 10.8. The number of nitrogens with two attached hydrogens (primary N) is 1. The minimum atomic E-state index is 0.530. The normalized spacial score (nSPS) is 18.2. The second-order valence-electron chi connectivity index (χ2n) is 5.76. The van der Waals surface area contributed by atoms with Gasteiger partial charge in [0.2, 0.25) is 0 Å². The zero-order valence-electron chi connectivity index (χ0n) is 12.4. The van der Waals surface area contributed by atoms with E-state index in [0.29, 0.717) is 12.5 Å². The van der Waals surface area contributed by atoms with Gasteiger partial charge in [0, 0.05) is 31.4 Å². The summed E-state index contributed by atoms with van der Waals surface area (Å²) in [7, 11) is 2.00. The third kappa shape index (κ3) is 2.00. The second kappa shape index (κ2) is 4.94. The molecule has 0 radical (unpaired) electrons. The molecule has 2 heterocycles. The van der Waals surface area contributed by atoms with Crippen molar-refractivity contribution in [1.29, 1.82) is 0 Å². The van der Waals surface area contributed by atoms with E-state index in [0.717, 1.165) is 30.0 Å². The van der Waals surface area contributed by atoms with Crippen molar-refractivity contribution in [3.05, 3.63) is 41.1 Å². The van der Waals surface area contributed by atoms with Crippen LogP contribution in [0.3, 0.4) is 0 Å². The van der Waals surface area contributed by atoms with Gasteiger partial charge in [-0.2, -0.15) is 5.10 Å². The van der Waals surface area contributed by atoms with Crippen molar-refractivity contribution < 1.29 is 0 Å². The first-order chi connectivity index (χ1) is 9.61. The van der Waals surface area contributed by atoms with Gasteiger partial charge in [-0.1, -0.05) is 25.1 Å². The lowest BCUT2D eigenvalue weighted by Gasteiger charge is -2.35. The molecule has 0 fully saturated rings. The number of aryl methyl sites for hydroxylation is 2. The molecule has 20 heavy (non-hydrogen) atoms. The molecule has 0 spiro atoms. The fourth-order valence-electron chi connectivity index (χ4n) is 3.26. The smallest absolute Gasteiger partial charge is 0.135 e. The topological polar surface area (TPSA) is 47.1 Å². The van der Waals surface area contributed by atoms with E-state index in [1.54, 1.807) is 0 Å². The molecule has 2 N–H and O–H groups in total. The Labute approximate surface area is 120 Å². The van der Waals surface area contributed by atoms with E-state index in [1.165, 1.54) is 11.3 Å². The Morgan fingerprint density at radius 2 is 2.10 bits per heavy atom. The minimum absolute atomic E-state index is 0.530.